The molecule has 1 rings (SSSR count). The van der Waals surface area contributed by atoms with Gasteiger partial charge in [-0.1, -0.05) is 5.16 Å². The first-order valence-electron chi connectivity index (χ1n) is 5.08. The number of methoxy groups -OCH3 is 1. The molecule has 1 aromatic rings. The highest BCUT2D eigenvalue weighted by atomic mass is 19.4. The smallest absolute Gasteiger partial charge is 0.397 e. The number of hydrogen-bond donors (Lipinski definition) is 2. The average molecular weight is 276 g/mol. The summed E-state index contributed by atoms with van der Waals surface area (Å²) >= 11 is 0. The van der Waals surface area contributed by atoms with Gasteiger partial charge in [-0.2, -0.15) is 13.2 Å². The van der Waals surface area contributed by atoms with Gasteiger partial charge < -0.3 is 15.3 Å². The van der Waals surface area contributed by atoms with E-state index in [-0.39, 0.29) is 11.4 Å². The molecule has 1 aromatic carbocycles. The van der Waals surface area contributed by atoms with E-state index in [0.29, 0.717) is 5.56 Å². The van der Waals surface area contributed by atoms with Gasteiger partial charge >= 0.3 is 6.18 Å². The van der Waals surface area contributed by atoms with Crippen molar-refractivity contribution in [3.63, 3.8) is 0 Å². The molecule has 0 spiro atoms. The molecule has 0 atom stereocenters. The Morgan fingerprint density at radius 3 is 2.74 bits per heavy atom. The lowest BCUT2D eigenvalue weighted by atomic mass is 10.2. The largest absolute Gasteiger partial charge is 0.495 e. The van der Waals surface area contributed by atoms with Gasteiger partial charge in [0.1, 0.15) is 12.2 Å². The van der Waals surface area contributed by atoms with Crippen molar-refractivity contribution >= 4 is 17.8 Å². The van der Waals surface area contributed by atoms with E-state index in [4.69, 9.17) is 9.94 Å². The molecular formula is C11H11F3N2O3. The van der Waals surface area contributed by atoms with E-state index in [1.165, 1.54) is 25.3 Å². The summed E-state index contributed by atoms with van der Waals surface area (Å²) in [7, 11) is 1.31. The highest BCUT2D eigenvalue weighted by Gasteiger charge is 2.31. The van der Waals surface area contributed by atoms with Gasteiger partial charge in [0, 0.05) is 0 Å². The van der Waals surface area contributed by atoms with Gasteiger partial charge in [-0.3, -0.25) is 4.79 Å². The van der Waals surface area contributed by atoms with Gasteiger partial charge in [-0.05, 0) is 23.8 Å². The molecule has 0 fully saturated rings. The molecule has 0 aliphatic heterocycles. The third kappa shape index (κ3) is 4.86. The highest BCUT2D eigenvalue weighted by molar-refractivity contribution is 5.94. The van der Waals surface area contributed by atoms with E-state index in [9.17, 15) is 18.0 Å². The maximum atomic E-state index is 12.0. The highest BCUT2D eigenvalue weighted by Crippen LogP contribution is 2.26. The van der Waals surface area contributed by atoms with Crippen LogP contribution in [0.3, 0.4) is 0 Å². The number of anilines is 1. The number of benzene rings is 1. The number of ether oxygens (including phenoxy) is 1. The fourth-order valence-electron chi connectivity index (χ4n) is 1.35. The van der Waals surface area contributed by atoms with Crippen LogP contribution in [0.2, 0.25) is 0 Å². The maximum Gasteiger partial charge on any atom is 0.397 e. The third-order valence-electron chi connectivity index (χ3n) is 2.07. The SMILES string of the molecule is COc1ccc(/C=N/O)cc1NC(=O)CC(F)(F)F. The predicted octanol–water partition coefficient (Wildman–Crippen LogP) is 2.39. The number of nitrogens with one attached hydrogen (secondary N) is 1. The van der Waals surface area contributed by atoms with E-state index in [1.54, 1.807) is 0 Å². The van der Waals surface area contributed by atoms with Gasteiger partial charge in [-0.15, -0.1) is 0 Å². The second kappa shape index (κ2) is 6.07. The molecule has 0 bridgehead atoms. The quantitative estimate of drug-likeness (QED) is 0.504. The summed E-state index contributed by atoms with van der Waals surface area (Å²) < 4.78 is 41.0. The van der Waals surface area contributed by atoms with Gasteiger partial charge in [0.15, 0.2) is 0 Å². The summed E-state index contributed by atoms with van der Waals surface area (Å²) in [6.07, 6.45) is -5.10. The Kier molecular flexibility index (Phi) is 4.74. The van der Waals surface area contributed by atoms with Crippen molar-refractivity contribution in [2.45, 2.75) is 12.6 Å². The molecule has 0 aliphatic rings. The average Bonchev–Trinajstić information content (AvgIpc) is 2.27. The summed E-state index contributed by atoms with van der Waals surface area (Å²) in [4.78, 5) is 11.2. The Labute approximate surface area is 106 Å². The number of halogens is 3. The van der Waals surface area contributed by atoms with E-state index in [1.807, 2.05) is 0 Å². The van der Waals surface area contributed by atoms with Crippen LogP contribution >= 0.6 is 0 Å². The Morgan fingerprint density at radius 2 is 2.21 bits per heavy atom. The molecule has 0 radical (unpaired) electrons. The van der Waals surface area contributed by atoms with Crippen LogP contribution in [-0.2, 0) is 4.79 Å². The molecule has 0 saturated heterocycles. The first kappa shape index (κ1) is 14.8. The van der Waals surface area contributed by atoms with Crippen LogP contribution < -0.4 is 10.1 Å². The lowest BCUT2D eigenvalue weighted by Crippen LogP contribution is -2.21. The first-order valence-corrected chi connectivity index (χ1v) is 5.08. The molecule has 104 valence electrons. The Hall–Kier alpha value is -2.25. The first-order chi connectivity index (χ1) is 8.85. The number of carbonyl (C=O) groups is 1. The topological polar surface area (TPSA) is 70.9 Å². The lowest BCUT2D eigenvalue weighted by molar-refractivity contribution is -0.150. The van der Waals surface area contributed by atoms with Crippen LogP contribution in [0.5, 0.6) is 5.75 Å². The zero-order valence-electron chi connectivity index (χ0n) is 9.86. The minimum absolute atomic E-state index is 0.0640. The number of rotatable bonds is 4. The number of oxime groups is 1. The van der Waals surface area contributed by atoms with Crippen LogP contribution in [0.15, 0.2) is 23.4 Å². The van der Waals surface area contributed by atoms with Crippen molar-refractivity contribution < 1.29 is 27.9 Å². The zero-order valence-corrected chi connectivity index (χ0v) is 9.86. The van der Waals surface area contributed by atoms with Crippen LogP contribution in [0.4, 0.5) is 18.9 Å². The minimum atomic E-state index is -4.58. The molecule has 0 aliphatic carbocycles. The minimum Gasteiger partial charge on any atom is -0.495 e. The standard InChI is InChI=1S/C11H11F3N2O3/c1-19-9-3-2-7(6-15-18)4-8(9)16-10(17)5-11(12,13)14/h2-4,6,18H,5H2,1H3,(H,16,17)/b15-6+. The van der Waals surface area contributed by atoms with Crippen molar-refractivity contribution in [1.29, 1.82) is 0 Å². The monoisotopic (exact) mass is 276 g/mol. The normalized spacial score (nSPS) is 11.6. The molecule has 0 unspecified atom stereocenters. The molecule has 0 heterocycles. The van der Waals surface area contributed by atoms with Gasteiger partial charge in [0.2, 0.25) is 5.91 Å². The summed E-state index contributed by atoms with van der Waals surface area (Å²) in [5.41, 5.74) is 0.458. The number of nitrogens with zero attached hydrogens (tertiary/aromatic N) is 1. The molecule has 8 heteroatoms. The summed E-state index contributed by atoms with van der Waals surface area (Å²) in [5.74, 6) is -1.01. The van der Waals surface area contributed by atoms with Gasteiger partial charge in [0.05, 0.1) is 19.0 Å². The molecule has 19 heavy (non-hydrogen) atoms. The lowest BCUT2D eigenvalue weighted by Gasteiger charge is -2.11. The second-order valence-corrected chi connectivity index (χ2v) is 3.54. The van der Waals surface area contributed by atoms with E-state index >= 15 is 0 Å². The van der Waals surface area contributed by atoms with Crippen LogP contribution in [-0.4, -0.2) is 30.6 Å². The molecule has 0 saturated carbocycles. The fourth-order valence-corrected chi connectivity index (χ4v) is 1.35. The number of alkyl halides is 3. The van der Waals surface area contributed by atoms with Crippen molar-refractivity contribution in [1.82, 2.24) is 0 Å². The van der Waals surface area contributed by atoms with E-state index < -0.39 is 18.5 Å². The van der Waals surface area contributed by atoms with Crippen molar-refractivity contribution in [3.05, 3.63) is 23.8 Å². The third-order valence-corrected chi connectivity index (χ3v) is 2.07. The fraction of sp³-hybridized carbons (Fsp3) is 0.273. The molecule has 0 aromatic heterocycles. The summed E-state index contributed by atoms with van der Waals surface area (Å²) in [5, 5.41) is 13.2. The van der Waals surface area contributed by atoms with Crippen molar-refractivity contribution in [2.75, 3.05) is 12.4 Å². The Bertz CT molecular complexity index is 487. The van der Waals surface area contributed by atoms with Gasteiger partial charge in [-0.25, -0.2) is 0 Å². The van der Waals surface area contributed by atoms with Crippen molar-refractivity contribution in [3.8, 4) is 5.75 Å². The van der Waals surface area contributed by atoms with Gasteiger partial charge in [0.25, 0.3) is 0 Å². The Balaban J connectivity index is 2.91. The number of carbonyl (C=O) groups excluding carboxylic acids is 1. The van der Waals surface area contributed by atoms with Crippen LogP contribution in [0.1, 0.15) is 12.0 Å². The molecular weight excluding hydrogens is 265 g/mol. The zero-order chi connectivity index (χ0) is 14.5. The van der Waals surface area contributed by atoms with Crippen molar-refractivity contribution in [2.24, 2.45) is 5.16 Å². The van der Waals surface area contributed by atoms with Crippen LogP contribution in [0.25, 0.3) is 0 Å². The van der Waals surface area contributed by atoms with E-state index in [2.05, 4.69) is 10.5 Å². The number of hydrogen-bond acceptors (Lipinski definition) is 4. The number of amides is 1. The summed E-state index contributed by atoms with van der Waals surface area (Å²) in [6, 6.07) is 4.27. The molecule has 1 amide bonds. The maximum absolute atomic E-state index is 12.0. The Morgan fingerprint density at radius 1 is 1.53 bits per heavy atom. The molecule has 5 nitrogen and oxygen atoms in total. The van der Waals surface area contributed by atoms with E-state index in [0.717, 1.165) is 6.21 Å². The van der Waals surface area contributed by atoms with Crippen LogP contribution in [0, 0.1) is 0 Å². The predicted molar refractivity (Wildman–Crippen MR) is 61.7 cm³/mol. The summed E-state index contributed by atoms with van der Waals surface area (Å²) in [6.45, 7) is 0. The second-order valence-electron chi connectivity index (χ2n) is 3.54. The molecule has 2 N–H and O–H groups in total.